The van der Waals surface area contributed by atoms with Crippen molar-refractivity contribution in [2.24, 2.45) is 9.98 Å². The van der Waals surface area contributed by atoms with E-state index in [0.29, 0.717) is 34.4 Å². The van der Waals surface area contributed by atoms with Gasteiger partial charge in [-0.1, -0.05) is 0 Å². The van der Waals surface area contributed by atoms with E-state index in [0.717, 1.165) is 11.4 Å². The van der Waals surface area contributed by atoms with Crippen LogP contribution in [0.4, 0.5) is 22.7 Å². The third-order valence-corrected chi connectivity index (χ3v) is 4.82. The van der Waals surface area contributed by atoms with Crippen LogP contribution in [-0.4, -0.2) is 24.0 Å². The number of ether oxygens (including phenoxy) is 4. The minimum absolute atomic E-state index is 0.648. The van der Waals surface area contributed by atoms with E-state index in [1.807, 2.05) is 64.1 Å². The summed E-state index contributed by atoms with van der Waals surface area (Å²) in [6, 6.07) is 7.47. The Balaban J connectivity index is 1.46. The molecule has 0 saturated carbocycles. The highest BCUT2D eigenvalue weighted by atomic mass is 16.7. The standard InChI is InChI=1S/C24H24N4O4/c1-23(2)29-19-11-15-16(12-20(19)30-23)26-8-6-10-28-18-14-22-21(31-24(3,4)32-22)13-17(18)27-9-5-7-25-15/h5-14,25-26H,1-4H3. The molecule has 0 amide bonds. The summed E-state index contributed by atoms with van der Waals surface area (Å²) < 4.78 is 23.4. The number of benzene rings is 2. The van der Waals surface area contributed by atoms with Crippen LogP contribution in [0.1, 0.15) is 27.7 Å². The molecule has 0 unspecified atom stereocenters. The fraction of sp³-hybridized carbons (Fsp3) is 0.250. The van der Waals surface area contributed by atoms with Crippen molar-refractivity contribution >= 4 is 35.2 Å². The molecule has 8 heteroatoms. The van der Waals surface area contributed by atoms with Crippen molar-refractivity contribution in [1.82, 2.24) is 0 Å². The van der Waals surface area contributed by atoms with Gasteiger partial charge in [-0.15, -0.1) is 0 Å². The largest absolute Gasteiger partial charge is 0.449 e. The summed E-state index contributed by atoms with van der Waals surface area (Å²) in [6.07, 6.45) is 10.6. The number of hydrogen-bond acceptors (Lipinski definition) is 8. The second-order valence-electron chi connectivity index (χ2n) is 8.40. The summed E-state index contributed by atoms with van der Waals surface area (Å²) in [5, 5.41) is 6.54. The van der Waals surface area contributed by atoms with E-state index in [1.54, 1.807) is 24.8 Å². The van der Waals surface area contributed by atoms with Gasteiger partial charge in [-0.2, -0.15) is 0 Å². The Morgan fingerprint density at radius 3 is 1.38 bits per heavy atom. The van der Waals surface area contributed by atoms with Crippen molar-refractivity contribution in [3.8, 4) is 23.0 Å². The van der Waals surface area contributed by atoms with Gasteiger partial charge in [0.1, 0.15) is 0 Å². The summed E-state index contributed by atoms with van der Waals surface area (Å²) >= 11 is 0. The molecule has 0 radical (unpaired) electrons. The van der Waals surface area contributed by atoms with Gasteiger partial charge in [0.05, 0.1) is 22.7 Å². The quantitative estimate of drug-likeness (QED) is 0.558. The summed E-state index contributed by atoms with van der Waals surface area (Å²) in [4.78, 5) is 9.09. The number of anilines is 2. The lowest BCUT2D eigenvalue weighted by atomic mass is 10.2. The predicted molar refractivity (Wildman–Crippen MR) is 125 cm³/mol. The molecule has 0 aromatic heterocycles. The first-order chi connectivity index (χ1) is 15.3. The summed E-state index contributed by atoms with van der Waals surface area (Å²) in [5.41, 5.74) is 3.02. The van der Waals surface area contributed by atoms with Crippen molar-refractivity contribution < 1.29 is 18.9 Å². The topological polar surface area (TPSA) is 85.7 Å². The molecule has 2 aromatic carbocycles. The number of nitrogens with one attached hydrogen (secondary N) is 2. The molecular weight excluding hydrogens is 408 g/mol. The van der Waals surface area contributed by atoms with E-state index in [4.69, 9.17) is 18.9 Å². The van der Waals surface area contributed by atoms with Crippen LogP contribution in [0, 0.1) is 0 Å². The van der Waals surface area contributed by atoms with Crippen LogP contribution < -0.4 is 29.6 Å². The maximum Gasteiger partial charge on any atom is 0.246 e. The Morgan fingerprint density at radius 1 is 0.594 bits per heavy atom. The van der Waals surface area contributed by atoms with Gasteiger partial charge < -0.3 is 29.6 Å². The zero-order valence-corrected chi connectivity index (χ0v) is 18.3. The van der Waals surface area contributed by atoms with Crippen LogP contribution >= 0.6 is 0 Å². The summed E-state index contributed by atoms with van der Waals surface area (Å²) in [5.74, 6) is 1.25. The molecule has 0 aliphatic carbocycles. The lowest BCUT2D eigenvalue weighted by Gasteiger charge is -2.16. The lowest BCUT2D eigenvalue weighted by molar-refractivity contribution is -0.0437. The van der Waals surface area contributed by atoms with Gasteiger partial charge in [0, 0.05) is 76.8 Å². The van der Waals surface area contributed by atoms with Crippen molar-refractivity contribution in [3.63, 3.8) is 0 Å². The van der Waals surface area contributed by atoms with Gasteiger partial charge in [-0.05, 0) is 12.2 Å². The maximum atomic E-state index is 5.86. The summed E-state index contributed by atoms with van der Waals surface area (Å²) in [7, 11) is 0. The Hall–Kier alpha value is -3.94. The minimum atomic E-state index is -0.716. The van der Waals surface area contributed by atoms with Gasteiger partial charge in [-0.25, -0.2) is 0 Å². The molecule has 0 spiro atoms. The fourth-order valence-corrected chi connectivity index (χ4v) is 3.57. The number of rotatable bonds is 0. The van der Waals surface area contributed by atoms with Gasteiger partial charge in [0.25, 0.3) is 0 Å². The maximum absolute atomic E-state index is 5.86. The average Bonchev–Trinajstić information content (AvgIpc) is 3.18. The molecule has 0 fully saturated rings. The van der Waals surface area contributed by atoms with Crippen molar-refractivity contribution in [3.05, 3.63) is 48.8 Å². The molecule has 2 N–H and O–H groups in total. The second-order valence-corrected chi connectivity index (χ2v) is 8.40. The first-order valence-corrected chi connectivity index (χ1v) is 10.3. The molecule has 2 aromatic rings. The smallest absolute Gasteiger partial charge is 0.246 e. The van der Waals surface area contributed by atoms with E-state index in [9.17, 15) is 0 Å². The fourth-order valence-electron chi connectivity index (χ4n) is 3.57. The molecule has 0 bridgehead atoms. The van der Waals surface area contributed by atoms with Crippen LogP contribution in [0.15, 0.2) is 58.8 Å². The van der Waals surface area contributed by atoms with Crippen molar-refractivity contribution in [2.75, 3.05) is 10.6 Å². The number of allylic oxidation sites excluding steroid dienone is 2. The molecule has 3 aliphatic heterocycles. The molecule has 164 valence electrons. The van der Waals surface area contributed by atoms with Gasteiger partial charge in [0.15, 0.2) is 23.0 Å². The monoisotopic (exact) mass is 432 g/mol. The molecule has 0 saturated heterocycles. The van der Waals surface area contributed by atoms with Crippen molar-refractivity contribution in [1.29, 1.82) is 0 Å². The lowest BCUT2D eigenvalue weighted by Crippen LogP contribution is -2.29. The van der Waals surface area contributed by atoms with E-state index >= 15 is 0 Å². The molecule has 5 rings (SSSR count). The van der Waals surface area contributed by atoms with E-state index in [1.165, 1.54) is 0 Å². The van der Waals surface area contributed by atoms with Gasteiger partial charge >= 0.3 is 0 Å². The van der Waals surface area contributed by atoms with Crippen molar-refractivity contribution in [2.45, 2.75) is 39.3 Å². The molecule has 3 heterocycles. The highest BCUT2D eigenvalue weighted by molar-refractivity contribution is 5.84. The number of fused-ring (bicyclic) bond motifs is 4. The molecule has 32 heavy (non-hydrogen) atoms. The highest BCUT2D eigenvalue weighted by Gasteiger charge is 2.33. The van der Waals surface area contributed by atoms with Gasteiger partial charge in [-0.3, -0.25) is 9.98 Å². The molecular formula is C24H24N4O4. The van der Waals surface area contributed by atoms with Crippen LogP contribution in [0.3, 0.4) is 0 Å². The first kappa shape index (κ1) is 20.0. The van der Waals surface area contributed by atoms with E-state index in [2.05, 4.69) is 20.6 Å². The van der Waals surface area contributed by atoms with Crippen LogP contribution in [-0.2, 0) is 0 Å². The Morgan fingerprint density at radius 2 is 0.969 bits per heavy atom. The average molecular weight is 432 g/mol. The van der Waals surface area contributed by atoms with Crippen LogP contribution in [0.25, 0.3) is 0 Å². The number of aliphatic imine (C=N–C) groups is 2. The first-order valence-electron chi connectivity index (χ1n) is 10.3. The second kappa shape index (κ2) is 7.33. The zero-order valence-electron chi connectivity index (χ0n) is 18.3. The molecule has 3 aliphatic rings. The number of hydrogen-bond donors (Lipinski definition) is 2. The summed E-state index contributed by atoms with van der Waals surface area (Å²) in [6.45, 7) is 7.48. The normalized spacial score (nSPS) is 18.9. The van der Waals surface area contributed by atoms with Gasteiger partial charge in [0.2, 0.25) is 11.6 Å². The SMILES string of the molecule is CC1(C)Oc2cc3c(cc2O1)N=CC=CNc1cc2c(cc1NC=CC=N3)OC(C)(C)O2. The minimum Gasteiger partial charge on any atom is -0.449 e. The highest BCUT2D eigenvalue weighted by Crippen LogP contribution is 2.46. The third kappa shape index (κ3) is 3.99. The third-order valence-electron chi connectivity index (χ3n) is 4.82. The Bertz CT molecular complexity index is 1110. The Kier molecular flexibility index (Phi) is 4.58. The number of nitrogens with zero attached hydrogens (tertiary/aromatic N) is 2. The van der Waals surface area contributed by atoms with Crippen LogP contribution in [0.5, 0.6) is 23.0 Å². The molecule has 8 nitrogen and oxygen atoms in total. The molecule has 0 atom stereocenters. The Labute approximate surface area is 186 Å². The predicted octanol–water partition coefficient (Wildman–Crippen LogP) is 5.67. The van der Waals surface area contributed by atoms with E-state index in [-0.39, 0.29) is 0 Å². The van der Waals surface area contributed by atoms with E-state index < -0.39 is 11.6 Å². The van der Waals surface area contributed by atoms with Crippen LogP contribution in [0.2, 0.25) is 0 Å². The zero-order chi connectivity index (χ0) is 22.3.